The molecule has 0 unspecified atom stereocenters. The first kappa shape index (κ1) is 14.7. The van der Waals surface area contributed by atoms with E-state index < -0.39 is 0 Å². The Hall–Kier alpha value is -2.22. The molecule has 7 nitrogen and oxygen atoms in total. The summed E-state index contributed by atoms with van der Waals surface area (Å²) in [7, 11) is 0. The number of imidazole rings is 1. The lowest BCUT2D eigenvalue weighted by Crippen LogP contribution is -2.17. The molecule has 0 radical (unpaired) electrons. The van der Waals surface area contributed by atoms with E-state index in [1.54, 1.807) is 0 Å². The second-order valence-electron chi connectivity index (χ2n) is 5.00. The smallest absolute Gasteiger partial charge is 0.276 e. The number of nitrogens with one attached hydrogen (secondary N) is 2. The molecule has 0 saturated heterocycles. The first-order valence-electron chi connectivity index (χ1n) is 6.94. The molecule has 8 heteroatoms. The van der Waals surface area contributed by atoms with E-state index in [1.807, 2.05) is 23.6 Å². The summed E-state index contributed by atoms with van der Waals surface area (Å²) in [4.78, 5) is 21.2. The summed E-state index contributed by atoms with van der Waals surface area (Å²) in [6, 6.07) is 1.98. The fraction of sp³-hybridized carbons (Fsp3) is 0.286. The number of fused-ring (bicyclic) bond motifs is 1. The molecule has 3 heterocycles. The van der Waals surface area contributed by atoms with Gasteiger partial charge in [-0.15, -0.1) is 0 Å². The van der Waals surface area contributed by atoms with Crippen molar-refractivity contribution < 1.29 is 4.79 Å². The number of aryl methyl sites for hydroxylation is 2. The van der Waals surface area contributed by atoms with Crippen LogP contribution in [0.5, 0.6) is 0 Å². The summed E-state index contributed by atoms with van der Waals surface area (Å²) in [6.45, 7) is 4.03. The number of aromatic amines is 1. The zero-order chi connectivity index (χ0) is 15.7. The Balaban J connectivity index is 2.12. The Morgan fingerprint density at radius 3 is 3.00 bits per heavy atom. The van der Waals surface area contributed by atoms with Crippen molar-refractivity contribution in [2.75, 3.05) is 5.32 Å². The minimum Gasteiger partial charge on any atom is -0.294 e. The number of pyridine rings is 1. The number of hydrogen-bond donors (Lipinski definition) is 2. The quantitative estimate of drug-likeness (QED) is 0.746. The van der Waals surface area contributed by atoms with E-state index >= 15 is 0 Å². The average molecular weight is 363 g/mol. The van der Waals surface area contributed by atoms with Gasteiger partial charge in [-0.25, -0.2) is 10.1 Å². The topological polar surface area (TPSA) is 88.0 Å². The number of anilines is 1. The van der Waals surface area contributed by atoms with Gasteiger partial charge in [0.25, 0.3) is 5.91 Å². The normalized spacial score (nSPS) is 11.0. The van der Waals surface area contributed by atoms with Crippen molar-refractivity contribution in [1.29, 1.82) is 0 Å². The van der Waals surface area contributed by atoms with Gasteiger partial charge < -0.3 is 0 Å². The summed E-state index contributed by atoms with van der Waals surface area (Å²) >= 11 is 3.51. The van der Waals surface area contributed by atoms with Crippen molar-refractivity contribution in [3.63, 3.8) is 0 Å². The lowest BCUT2D eigenvalue weighted by atomic mass is 10.2. The van der Waals surface area contributed by atoms with Gasteiger partial charge in [-0.3, -0.25) is 14.5 Å². The van der Waals surface area contributed by atoms with Gasteiger partial charge >= 0.3 is 0 Å². The molecule has 3 aromatic rings. The summed E-state index contributed by atoms with van der Waals surface area (Å²) in [5.41, 5.74) is 3.06. The fourth-order valence-electron chi connectivity index (χ4n) is 2.36. The highest BCUT2D eigenvalue weighted by atomic mass is 79.9. The molecule has 3 rings (SSSR count). The second kappa shape index (κ2) is 5.88. The molecule has 114 valence electrons. The first-order valence-corrected chi connectivity index (χ1v) is 7.73. The maximum absolute atomic E-state index is 12.6. The van der Waals surface area contributed by atoms with Crippen LogP contribution >= 0.6 is 15.9 Å². The van der Waals surface area contributed by atoms with Crippen LogP contribution in [-0.2, 0) is 6.42 Å². The van der Waals surface area contributed by atoms with E-state index in [0.29, 0.717) is 11.6 Å². The fourth-order valence-corrected chi connectivity index (χ4v) is 3.00. The molecule has 0 aliphatic heterocycles. The number of aromatic nitrogens is 5. The van der Waals surface area contributed by atoms with E-state index in [0.717, 1.165) is 34.2 Å². The number of carbonyl (C=O) groups is 1. The third-order valence-corrected chi connectivity index (χ3v) is 3.82. The van der Waals surface area contributed by atoms with Crippen LogP contribution in [0, 0.1) is 6.92 Å². The van der Waals surface area contributed by atoms with Crippen molar-refractivity contribution in [2.45, 2.75) is 26.7 Å². The minimum atomic E-state index is -0.259. The molecule has 3 aromatic heterocycles. The summed E-state index contributed by atoms with van der Waals surface area (Å²) in [5, 5.41) is 9.06. The zero-order valence-electron chi connectivity index (χ0n) is 12.2. The molecule has 0 atom stereocenters. The number of nitrogens with zero attached hydrogens (tertiary/aromatic N) is 4. The highest BCUT2D eigenvalue weighted by molar-refractivity contribution is 9.10. The Morgan fingerprint density at radius 2 is 2.32 bits per heavy atom. The van der Waals surface area contributed by atoms with E-state index in [-0.39, 0.29) is 5.91 Å². The molecule has 0 aliphatic rings. The van der Waals surface area contributed by atoms with Crippen molar-refractivity contribution in [2.24, 2.45) is 0 Å². The summed E-state index contributed by atoms with van der Waals surface area (Å²) in [6.07, 6.45) is 4.88. The monoisotopic (exact) mass is 362 g/mol. The Morgan fingerprint density at radius 1 is 1.50 bits per heavy atom. The van der Waals surface area contributed by atoms with Crippen molar-refractivity contribution >= 4 is 33.4 Å². The van der Waals surface area contributed by atoms with Crippen molar-refractivity contribution in [3.05, 3.63) is 40.0 Å². The maximum Gasteiger partial charge on any atom is 0.276 e. The molecule has 0 aliphatic carbocycles. The van der Waals surface area contributed by atoms with Crippen LogP contribution in [0.3, 0.4) is 0 Å². The van der Waals surface area contributed by atoms with Crippen LogP contribution in [0.4, 0.5) is 5.95 Å². The number of carbonyl (C=O) groups excluding carboxylic acids is 1. The molecule has 2 N–H and O–H groups in total. The SMILES string of the molecule is CCCc1nc2c(Br)cc(C)cn2c1C(=O)Nc1ncn[nH]1. The number of hydrogen-bond acceptors (Lipinski definition) is 4. The minimum absolute atomic E-state index is 0.259. The van der Waals surface area contributed by atoms with Crippen LogP contribution in [0.2, 0.25) is 0 Å². The zero-order valence-corrected chi connectivity index (χ0v) is 13.8. The predicted molar refractivity (Wildman–Crippen MR) is 86.0 cm³/mol. The van der Waals surface area contributed by atoms with Gasteiger partial charge in [0.1, 0.15) is 12.0 Å². The van der Waals surface area contributed by atoms with Crippen LogP contribution in [0.1, 0.15) is 35.1 Å². The van der Waals surface area contributed by atoms with E-state index in [4.69, 9.17) is 0 Å². The van der Waals surface area contributed by atoms with Crippen molar-refractivity contribution in [1.82, 2.24) is 24.6 Å². The van der Waals surface area contributed by atoms with Crippen LogP contribution in [-0.4, -0.2) is 30.5 Å². The largest absolute Gasteiger partial charge is 0.294 e. The first-order chi connectivity index (χ1) is 10.6. The Kier molecular flexibility index (Phi) is 3.93. The standard InChI is InChI=1S/C14H15BrN6O/c1-3-4-10-11(13(22)19-14-16-7-17-20-14)21-6-8(2)5-9(15)12(21)18-10/h5-7H,3-4H2,1-2H3,(H2,16,17,19,20,22). The van der Waals surface area contributed by atoms with Gasteiger partial charge in [-0.1, -0.05) is 13.3 Å². The third kappa shape index (κ3) is 2.61. The molecule has 0 aromatic carbocycles. The van der Waals surface area contributed by atoms with E-state index in [9.17, 15) is 4.79 Å². The van der Waals surface area contributed by atoms with E-state index in [1.165, 1.54) is 6.33 Å². The molecule has 0 spiro atoms. The summed E-state index contributed by atoms with van der Waals surface area (Å²) < 4.78 is 2.68. The molecule has 0 saturated carbocycles. The highest BCUT2D eigenvalue weighted by Crippen LogP contribution is 2.23. The van der Waals surface area contributed by atoms with Gasteiger partial charge in [0, 0.05) is 6.20 Å². The van der Waals surface area contributed by atoms with Crippen molar-refractivity contribution in [3.8, 4) is 0 Å². The third-order valence-electron chi connectivity index (χ3n) is 3.23. The van der Waals surface area contributed by atoms with E-state index in [2.05, 4.69) is 48.3 Å². The lowest BCUT2D eigenvalue weighted by Gasteiger charge is -2.05. The van der Waals surface area contributed by atoms with Gasteiger partial charge in [-0.05, 0) is 40.9 Å². The molecule has 1 amide bonds. The highest BCUT2D eigenvalue weighted by Gasteiger charge is 2.21. The Bertz CT molecular complexity index is 824. The number of halogens is 1. The molecular formula is C14H15BrN6O. The second-order valence-corrected chi connectivity index (χ2v) is 5.86. The maximum atomic E-state index is 12.6. The number of amides is 1. The van der Waals surface area contributed by atoms with Crippen LogP contribution < -0.4 is 5.32 Å². The predicted octanol–water partition coefficient (Wildman–Crippen LogP) is 2.73. The van der Waals surface area contributed by atoms with Gasteiger partial charge in [0.2, 0.25) is 5.95 Å². The molecular weight excluding hydrogens is 348 g/mol. The number of H-pyrrole nitrogens is 1. The number of rotatable bonds is 4. The lowest BCUT2D eigenvalue weighted by molar-refractivity contribution is 0.101. The molecule has 0 fully saturated rings. The van der Waals surface area contributed by atoms with Crippen LogP contribution in [0.15, 0.2) is 23.1 Å². The molecule has 0 bridgehead atoms. The van der Waals surface area contributed by atoms with Crippen LogP contribution in [0.25, 0.3) is 5.65 Å². The average Bonchev–Trinajstić information content (AvgIpc) is 3.06. The molecule has 22 heavy (non-hydrogen) atoms. The van der Waals surface area contributed by atoms with Gasteiger partial charge in [-0.2, -0.15) is 10.1 Å². The Labute approximate surface area is 135 Å². The summed E-state index contributed by atoms with van der Waals surface area (Å²) in [5.74, 6) is 0.0549. The van der Waals surface area contributed by atoms with Gasteiger partial charge in [0.05, 0.1) is 10.2 Å². The van der Waals surface area contributed by atoms with Gasteiger partial charge in [0.15, 0.2) is 5.65 Å².